The van der Waals surface area contributed by atoms with E-state index in [0.717, 1.165) is 29.2 Å². The number of carbonyl (C=O) groups excluding carboxylic acids is 2. The van der Waals surface area contributed by atoms with Gasteiger partial charge in [0.05, 0.1) is 23.7 Å². The normalized spacial score (nSPS) is 10.1. The summed E-state index contributed by atoms with van der Waals surface area (Å²) in [6.07, 6.45) is 3.46. The molecule has 2 amide bonds. The van der Waals surface area contributed by atoms with Gasteiger partial charge in [-0.3, -0.25) is 9.59 Å². The van der Waals surface area contributed by atoms with Gasteiger partial charge in [0.1, 0.15) is 16.5 Å². The highest BCUT2D eigenvalue weighted by Crippen LogP contribution is 2.28. The van der Waals surface area contributed by atoms with Gasteiger partial charge in [-0.1, -0.05) is 32.5 Å². The molecule has 146 valence electrons. The minimum atomic E-state index is -0.655. The van der Waals surface area contributed by atoms with E-state index in [1.165, 1.54) is 12.4 Å². The molecule has 0 radical (unpaired) electrons. The zero-order valence-corrected chi connectivity index (χ0v) is 15.6. The lowest BCUT2D eigenvalue weighted by Crippen LogP contribution is -2.15. The summed E-state index contributed by atoms with van der Waals surface area (Å²) in [5, 5.41) is 6.51. The Bertz CT molecular complexity index is 984. The Morgan fingerprint density at radius 1 is 1.18 bits per heavy atom. The molecule has 3 aromatic rings. The van der Waals surface area contributed by atoms with Gasteiger partial charge in [-0.15, -0.1) is 0 Å². The molecule has 0 saturated carbocycles. The summed E-state index contributed by atoms with van der Waals surface area (Å²) in [5.74, 6) is -0.532. The van der Waals surface area contributed by atoms with Crippen molar-refractivity contribution in [2.45, 2.75) is 27.7 Å². The molecule has 0 unspecified atom stereocenters. The van der Waals surface area contributed by atoms with E-state index in [4.69, 9.17) is 5.73 Å². The number of para-hydroxylation sites is 1. The van der Waals surface area contributed by atoms with E-state index in [1.807, 2.05) is 31.2 Å². The lowest BCUT2D eigenvalue weighted by atomic mass is 10.1. The number of benzene rings is 1. The van der Waals surface area contributed by atoms with Crippen LogP contribution < -0.4 is 16.4 Å². The maximum Gasteiger partial charge on any atom is 0.268 e. The van der Waals surface area contributed by atoms with Crippen molar-refractivity contribution in [3.63, 3.8) is 0 Å². The molecule has 4 N–H and O–H groups in total. The first kappa shape index (κ1) is 21.0. The molecule has 8 nitrogen and oxygen atoms in total. The molecule has 28 heavy (non-hydrogen) atoms. The van der Waals surface area contributed by atoms with Crippen molar-refractivity contribution in [3.8, 4) is 0 Å². The van der Waals surface area contributed by atoms with Crippen molar-refractivity contribution < 1.29 is 9.59 Å². The minimum Gasteiger partial charge on any atom is -0.364 e. The highest BCUT2D eigenvalue weighted by atomic mass is 32.1. The van der Waals surface area contributed by atoms with E-state index < -0.39 is 5.91 Å². The fraction of sp³-hybridized carbons (Fsp3) is 0.211. The summed E-state index contributed by atoms with van der Waals surface area (Å²) >= 11 is 1.15. The third-order valence-electron chi connectivity index (χ3n) is 3.88. The van der Waals surface area contributed by atoms with Gasteiger partial charge in [0.25, 0.3) is 11.8 Å². The minimum absolute atomic E-state index is 0. The lowest BCUT2D eigenvalue weighted by Gasteiger charge is -2.11. The molecule has 0 spiro atoms. The number of aromatic nitrogens is 3. The highest BCUT2D eigenvalue weighted by Gasteiger charge is 2.20. The molecule has 1 aromatic carbocycles. The van der Waals surface area contributed by atoms with Crippen LogP contribution in [0.3, 0.4) is 0 Å². The van der Waals surface area contributed by atoms with Crippen LogP contribution in [0.15, 0.2) is 36.7 Å². The van der Waals surface area contributed by atoms with Crippen molar-refractivity contribution in [2.24, 2.45) is 5.73 Å². The predicted molar refractivity (Wildman–Crippen MR) is 111 cm³/mol. The van der Waals surface area contributed by atoms with Crippen LogP contribution in [0.1, 0.15) is 46.5 Å². The number of rotatable bonds is 6. The van der Waals surface area contributed by atoms with Crippen molar-refractivity contribution in [3.05, 3.63) is 59.2 Å². The summed E-state index contributed by atoms with van der Waals surface area (Å²) in [6, 6.07) is 7.66. The average molecular weight is 398 g/mol. The third kappa shape index (κ3) is 4.49. The number of primary amides is 1. The van der Waals surface area contributed by atoms with Gasteiger partial charge < -0.3 is 16.4 Å². The van der Waals surface area contributed by atoms with Gasteiger partial charge in [0.2, 0.25) is 0 Å². The Kier molecular flexibility index (Phi) is 6.78. The summed E-state index contributed by atoms with van der Waals surface area (Å²) in [5.41, 5.74) is 8.09. The first-order chi connectivity index (χ1) is 13.0. The highest BCUT2D eigenvalue weighted by molar-refractivity contribution is 7.10. The molecule has 0 aliphatic rings. The smallest absolute Gasteiger partial charge is 0.268 e. The van der Waals surface area contributed by atoms with Crippen molar-refractivity contribution in [2.75, 3.05) is 10.6 Å². The number of aryl methyl sites for hydroxylation is 2. The van der Waals surface area contributed by atoms with Crippen molar-refractivity contribution >= 4 is 39.9 Å². The molecular formula is C19H22N6O2S. The molecule has 2 heterocycles. The van der Waals surface area contributed by atoms with Crippen molar-refractivity contribution in [1.29, 1.82) is 0 Å². The van der Waals surface area contributed by atoms with E-state index in [9.17, 15) is 9.59 Å². The standard InChI is InChI=1S/C18H18N6O2S.CH4/c1-3-11-6-4-5-7-12(11)22-17(26)15-10(2)24-27-18(15)23-14-9-20-13(8-21-14)16(19)25;/h4-9H,3H2,1-2H3,(H2,19,25)(H,21,23)(H,22,26);1H4. The number of amides is 2. The SMILES string of the molecule is C.CCc1ccccc1NC(=O)c1c(C)nsc1Nc1cnc(C(N)=O)cn1. The van der Waals surface area contributed by atoms with Crippen LogP contribution in [0.2, 0.25) is 0 Å². The van der Waals surface area contributed by atoms with E-state index in [1.54, 1.807) is 6.92 Å². The summed E-state index contributed by atoms with van der Waals surface area (Å²) < 4.78 is 4.26. The molecule has 9 heteroatoms. The van der Waals surface area contributed by atoms with Gasteiger partial charge in [0.15, 0.2) is 0 Å². The molecule has 2 aromatic heterocycles. The summed E-state index contributed by atoms with van der Waals surface area (Å²) in [4.78, 5) is 31.9. The van der Waals surface area contributed by atoms with Crippen LogP contribution in [0.4, 0.5) is 16.5 Å². The Balaban J connectivity index is 0.00000280. The quantitative estimate of drug-likeness (QED) is 0.584. The van der Waals surface area contributed by atoms with Gasteiger partial charge in [-0.05, 0) is 36.5 Å². The van der Waals surface area contributed by atoms with Crippen LogP contribution in [0.25, 0.3) is 0 Å². The van der Waals surface area contributed by atoms with E-state index in [0.29, 0.717) is 22.1 Å². The Hall–Kier alpha value is -3.33. The molecule has 0 saturated heterocycles. The van der Waals surface area contributed by atoms with Crippen LogP contribution in [0.5, 0.6) is 0 Å². The lowest BCUT2D eigenvalue weighted by molar-refractivity contribution is 0.0993. The number of nitrogens with one attached hydrogen (secondary N) is 2. The molecule has 0 bridgehead atoms. The third-order valence-corrected chi connectivity index (χ3v) is 4.74. The van der Waals surface area contributed by atoms with Crippen LogP contribution in [-0.2, 0) is 6.42 Å². The maximum absolute atomic E-state index is 12.8. The van der Waals surface area contributed by atoms with Crippen molar-refractivity contribution in [1.82, 2.24) is 14.3 Å². The zero-order valence-electron chi connectivity index (χ0n) is 14.8. The number of nitrogens with two attached hydrogens (primary N) is 1. The summed E-state index contributed by atoms with van der Waals surface area (Å²) in [6.45, 7) is 3.80. The summed E-state index contributed by atoms with van der Waals surface area (Å²) in [7, 11) is 0. The first-order valence-electron chi connectivity index (χ1n) is 8.24. The van der Waals surface area contributed by atoms with E-state index in [2.05, 4.69) is 25.0 Å². The molecule has 0 aliphatic carbocycles. The largest absolute Gasteiger partial charge is 0.364 e. The van der Waals surface area contributed by atoms with Crippen LogP contribution in [-0.4, -0.2) is 26.2 Å². The number of nitrogens with zero attached hydrogens (tertiary/aromatic N) is 3. The van der Waals surface area contributed by atoms with Gasteiger partial charge >= 0.3 is 0 Å². The first-order valence-corrected chi connectivity index (χ1v) is 9.01. The second-order valence-electron chi connectivity index (χ2n) is 5.71. The molecule has 0 aliphatic heterocycles. The second kappa shape index (κ2) is 9.05. The zero-order chi connectivity index (χ0) is 19.4. The topological polar surface area (TPSA) is 123 Å². The number of hydrogen-bond acceptors (Lipinski definition) is 7. The predicted octanol–water partition coefficient (Wildman–Crippen LogP) is 3.53. The number of anilines is 3. The molecule has 3 rings (SSSR count). The molecule has 0 atom stereocenters. The van der Waals surface area contributed by atoms with Crippen LogP contribution >= 0.6 is 11.5 Å². The Morgan fingerprint density at radius 2 is 1.93 bits per heavy atom. The van der Waals surface area contributed by atoms with Gasteiger partial charge in [0, 0.05) is 5.69 Å². The fourth-order valence-corrected chi connectivity index (χ4v) is 3.30. The maximum atomic E-state index is 12.8. The van der Waals surface area contributed by atoms with Gasteiger partial charge in [-0.2, -0.15) is 4.37 Å². The monoisotopic (exact) mass is 398 g/mol. The number of hydrogen-bond donors (Lipinski definition) is 3. The Morgan fingerprint density at radius 3 is 2.57 bits per heavy atom. The van der Waals surface area contributed by atoms with E-state index >= 15 is 0 Å². The average Bonchev–Trinajstić information content (AvgIpc) is 3.02. The molecule has 0 fully saturated rings. The Labute approximate surface area is 167 Å². The van der Waals surface area contributed by atoms with Gasteiger partial charge in [-0.25, -0.2) is 9.97 Å². The second-order valence-corrected chi connectivity index (χ2v) is 6.49. The van der Waals surface area contributed by atoms with E-state index in [-0.39, 0.29) is 19.0 Å². The molecular weight excluding hydrogens is 376 g/mol. The number of carbonyl (C=O) groups is 2. The fourth-order valence-electron chi connectivity index (χ4n) is 2.49. The van der Waals surface area contributed by atoms with Crippen LogP contribution in [0, 0.1) is 6.92 Å².